The SMILES string of the molecule is COc1ccccc1N1CCN(CCCOC2C(=O)NC(=O)CC23CCCC3)CC1. The maximum Gasteiger partial charge on any atom is 0.256 e. The average molecular weight is 416 g/mol. The van der Waals surface area contributed by atoms with Crippen LogP contribution in [0.2, 0.25) is 0 Å². The van der Waals surface area contributed by atoms with E-state index in [1.165, 1.54) is 0 Å². The van der Waals surface area contributed by atoms with Crippen molar-refractivity contribution >= 4 is 17.5 Å². The topological polar surface area (TPSA) is 71.1 Å². The van der Waals surface area contributed by atoms with E-state index in [0.717, 1.165) is 76.3 Å². The monoisotopic (exact) mass is 415 g/mol. The molecule has 1 saturated carbocycles. The highest BCUT2D eigenvalue weighted by Crippen LogP contribution is 2.46. The molecule has 7 nitrogen and oxygen atoms in total. The van der Waals surface area contributed by atoms with Gasteiger partial charge in [-0.15, -0.1) is 0 Å². The van der Waals surface area contributed by atoms with Crippen LogP contribution in [0.3, 0.4) is 0 Å². The summed E-state index contributed by atoms with van der Waals surface area (Å²) >= 11 is 0. The molecule has 1 aromatic carbocycles. The Bertz CT molecular complexity index is 755. The Morgan fingerprint density at radius 1 is 1.10 bits per heavy atom. The van der Waals surface area contributed by atoms with E-state index in [9.17, 15) is 9.59 Å². The third-order valence-electron chi connectivity index (χ3n) is 6.87. The number of piperidine rings is 1. The molecule has 0 bridgehead atoms. The number of amides is 2. The predicted molar refractivity (Wildman–Crippen MR) is 115 cm³/mol. The number of carbonyl (C=O) groups excluding carboxylic acids is 2. The van der Waals surface area contributed by atoms with Gasteiger partial charge in [-0.25, -0.2) is 0 Å². The lowest BCUT2D eigenvalue weighted by atomic mass is 9.74. The number of rotatable bonds is 7. The fourth-order valence-corrected chi connectivity index (χ4v) is 5.30. The molecule has 1 aromatic rings. The zero-order valence-electron chi connectivity index (χ0n) is 17.9. The molecule has 2 saturated heterocycles. The van der Waals surface area contributed by atoms with Gasteiger partial charge in [0.05, 0.1) is 12.8 Å². The standard InChI is InChI=1S/C23H33N3O4/c1-29-19-8-3-2-7-18(19)26-14-12-25(13-15-26)11-6-16-30-21-22(28)24-20(27)17-23(21)9-4-5-10-23/h2-3,7-8,21H,4-6,9-17H2,1H3,(H,24,27,28). The molecule has 7 heteroatoms. The number of hydrogen-bond acceptors (Lipinski definition) is 6. The van der Waals surface area contributed by atoms with Gasteiger partial charge in [0.25, 0.3) is 5.91 Å². The first kappa shape index (κ1) is 21.1. The summed E-state index contributed by atoms with van der Waals surface area (Å²) in [6, 6.07) is 8.16. The molecular formula is C23H33N3O4. The average Bonchev–Trinajstić information content (AvgIpc) is 3.21. The van der Waals surface area contributed by atoms with Gasteiger partial charge in [0.1, 0.15) is 11.9 Å². The number of benzene rings is 1. The van der Waals surface area contributed by atoms with Gasteiger partial charge < -0.3 is 14.4 Å². The number of hydrogen-bond donors (Lipinski definition) is 1. The van der Waals surface area contributed by atoms with Gasteiger partial charge in [0, 0.05) is 51.2 Å². The van der Waals surface area contributed by atoms with Gasteiger partial charge in [-0.2, -0.15) is 0 Å². The fraction of sp³-hybridized carbons (Fsp3) is 0.652. The van der Waals surface area contributed by atoms with Crippen molar-refractivity contribution in [2.75, 3.05) is 51.3 Å². The van der Waals surface area contributed by atoms with E-state index in [1.807, 2.05) is 18.2 Å². The molecule has 2 amide bonds. The highest BCUT2D eigenvalue weighted by molar-refractivity contribution is 6.01. The highest BCUT2D eigenvalue weighted by Gasteiger charge is 2.50. The van der Waals surface area contributed by atoms with Crippen LogP contribution in [0.25, 0.3) is 0 Å². The number of imide groups is 1. The predicted octanol–water partition coefficient (Wildman–Crippen LogP) is 2.20. The van der Waals surface area contributed by atoms with E-state index in [1.54, 1.807) is 7.11 Å². The highest BCUT2D eigenvalue weighted by atomic mass is 16.5. The molecule has 4 rings (SSSR count). The second-order valence-corrected chi connectivity index (χ2v) is 8.76. The van der Waals surface area contributed by atoms with Crippen LogP contribution >= 0.6 is 0 Å². The molecule has 164 valence electrons. The molecule has 0 radical (unpaired) electrons. The summed E-state index contributed by atoms with van der Waals surface area (Å²) in [6.07, 6.45) is 4.84. The molecule has 1 spiro atoms. The first-order valence-corrected chi connectivity index (χ1v) is 11.2. The van der Waals surface area contributed by atoms with Gasteiger partial charge >= 0.3 is 0 Å². The third kappa shape index (κ3) is 4.47. The van der Waals surface area contributed by atoms with Crippen molar-refractivity contribution < 1.29 is 19.1 Å². The summed E-state index contributed by atoms with van der Waals surface area (Å²) in [5, 5.41) is 2.47. The van der Waals surface area contributed by atoms with Crippen LogP contribution in [0, 0.1) is 5.41 Å². The molecule has 0 aromatic heterocycles. The molecule has 3 fully saturated rings. The molecule has 2 aliphatic heterocycles. The number of nitrogens with zero attached hydrogens (tertiary/aromatic N) is 2. The van der Waals surface area contributed by atoms with Crippen LogP contribution in [-0.2, 0) is 14.3 Å². The maximum atomic E-state index is 12.4. The van der Waals surface area contributed by atoms with E-state index < -0.39 is 6.10 Å². The van der Waals surface area contributed by atoms with Crippen molar-refractivity contribution in [3.63, 3.8) is 0 Å². The molecule has 1 aliphatic carbocycles. The van der Waals surface area contributed by atoms with Gasteiger partial charge in [-0.1, -0.05) is 25.0 Å². The quantitative estimate of drug-likeness (QED) is 0.544. The Morgan fingerprint density at radius 2 is 1.83 bits per heavy atom. The maximum absolute atomic E-state index is 12.4. The van der Waals surface area contributed by atoms with E-state index in [4.69, 9.17) is 9.47 Å². The summed E-state index contributed by atoms with van der Waals surface area (Å²) in [6.45, 7) is 5.45. The van der Waals surface area contributed by atoms with E-state index in [-0.39, 0.29) is 17.2 Å². The van der Waals surface area contributed by atoms with Crippen LogP contribution in [0.5, 0.6) is 5.75 Å². The second kappa shape index (κ2) is 9.35. The van der Waals surface area contributed by atoms with E-state index in [0.29, 0.717) is 13.0 Å². The molecule has 1 atom stereocenters. The lowest BCUT2D eigenvalue weighted by Gasteiger charge is -2.39. The number of ether oxygens (including phenoxy) is 2. The lowest BCUT2D eigenvalue weighted by molar-refractivity contribution is -0.156. The Balaban J connectivity index is 1.22. The summed E-state index contributed by atoms with van der Waals surface area (Å²) in [5.74, 6) is 0.540. The van der Waals surface area contributed by atoms with Gasteiger partial charge in [-0.3, -0.25) is 19.8 Å². The van der Waals surface area contributed by atoms with Crippen molar-refractivity contribution in [3.8, 4) is 5.75 Å². The number of anilines is 1. The number of para-hydroxylation sites is 2. The van der Waals surface area contributed by atoms with Gasteiger partial charge in [0.15, 0.2) is 0 Å². The number of carbonyl (C=O) groups is 2. The van der Waals surface area contributed by atoms with Crippen LogP contribution in [0.15, 0.2) is 24.3 Å². The Morgan fingerprint density at radius 3 is 2.57 bits per heavy atom. The van der Waals surface area contributed by atoms with Crippen molar-refractivity contribution in [2.24, 2.45) is 5.41 Å². The number of methoxy groups -OCH3 is 1. The summed E-state index contributed by atoms with van der Waals surface area (Å²) in [7, 11) is 1.72. The molecule has 1 unspecified atom stereocenters. The minimum absolute atomic E-state index is 0.144. The number of piperazine rings is 1. The van der Waals surface area contributed by atoms with Gasteiger partial charge in [-0.05, 0) is 31.4 Å². The summed E-state index contributed by atoms with van der Waals surface area (Å²) < 4.78 is 11.6. The Kier molecular flexibility index (Phi) is 6.58. The second-order valence-electron chi connectivity index (χ2n) is 8.76. The van der Waals surface area contributed by atoms with Crippen molar-refractivity contribution in [3.05, 3.63) is 24.3 Å². The van der Waals surface area contributed by atoms with Crippen molar-refractivity contribution in [1.82, 2.24) is 10.2 Å². The van der Waals surface area contributed by atoms with Gasteiger partial charge in [0.2, 0.25) is 5.91 Å². The van der Waals surface area contributed by atoms with Crippen LogP contribution in [0.4, 0.5) is 5.69 Å². The zero-order chi connectivity index (χ0) is 21.0. The third-order valence-corrected chi connectivity index (χ3v) is 6.87. The fourth-order valence-electron chi connectivity index (χ4n) is 5.30. The van der Waals surface area contributed by atoms with E-state index in [2.05, 4.69) is 21.2 Å². The van der Waals surface area contributed by atoms with Crippen LogP contribution in [-0.4, -0.2) is 69.3 Å². The number of nitrogens with one attached hydrogen (secondary N) is 1. The Hall–Kier alpha value is -2.12. The smallest absolute Gasteiger partial charge is 0.256 e. The minimum Gasteiger partial charge on any atom is -0.495 e. The van der Waals surface area contributed by atoms with Crippen molar-refractivity contribution in [2.45, 2.75) is 44.6 Å². The van der Waals surface area contributed by atoms with Crippen molar-refractivity contribution in [1.29, 1.82) is 0 Å². The molecule has 1 N–H and O–H groups in total. The normalized spacial score (nSPS) is 24.3. The lowest BCUT2D eigenvalue weighted by Crippen LogP contribution is -2.56. The van der Waals surface area contributed by atoms with Crippen LogP contribution in [0.1, 0.15) is 38.5 Å². The summed E-state index contributed by atoms with van der Waals surface area (Å²) in [4.78, 5) is 29.1. The molecule has 30 heavy (non-hydrogen) atoms. The minimum atomic E-state index is -0.472. The zero-order valence-corrected chi connectivity index (χ0v) is 17.9. The largest absolute Gasteiger partial charge is 0.495 e. The molecule has 3 aliphatic rings. The Labute approximate surface area is 178 Å². The van der Waals surface area contributed by atoms with E-state index >= 15 is 0 Å². The van der Waals surface area contributed by atoms with Crippen LogP contribution < -0.4 is 15.0 Å². The summed E-state index contributed by atoms with van der Waals surface area (Å²) in [5.41, 5.74) is 0.891. The molecular weight excluding hydrogens is 382 g/mol. The molecule has 2 heterocycles. The first-order chi connectivity index (χ1) is 14.6. The first-order valence-electron chi connectivity index (χ1n) is 11.2.